The Labute approximate surface area is 163 Å². The first-order chi connectivity index (χ1) is 12.2. The van der Waals surface area contributed by atoms with Crippen molar-refractivity contribution in [2.45, 2.75) is 12.5 Å². The molecule has 0 radical (unpaired) electrons. The van der Waals surface area contributed by atoms with E-state index in [1.165, 1.54) is 3.58 Å². The molecule has 0 atom stereocenters. The summed E-state index contributed by atoms with van der Waals surface area (Å²) in [6.07, 6.45) is 2.12. The average Bonchev–Trinajstić information content (AvgIpc) is 2.67. The summed E-state index contributed by atoms with van der Waals surface area (Å²) in [7, 11) is 0. The average molecular weight is 440 g/mol. The zero-order valence-electron chi connectivity index (χ0n) is 14.2. The van der Waals surface area contributed by atoms with Gasteiger partial charge in [0.15, 0.2) is 0 Å². The van der Waals surface area contributed by atoms with Crippen LogP contribution in [-0.2, 0) is 10.3 Å². The van der Waals surface area contributed by atoms with E-state index in [9.17, 15) is 0 Å². The Morgan fingerprint density at radius 1 is 0.760 bits per heavy atom. The van der Waals surface area contributed by atoms with Crippen LogP contribution in [0.5, 0.6) is 0 Å². The SMILES string of the molecule is CC(I)=CCOC(c1ccccc1)(c1ccccc1)c1ccccc1. The van der Waals surface area contributed by atoms with Crippen LogP contribution >= 0.6 is 22.6 Å². The maximum atomic E-state index is 6.62. The monoisotopic (exact) mass is 440 g/mol. The van der Waals surface area contributed by atoms with Gasteiger partial charge >= 0.3 is 0 Å². The highest BCUT2D eigenvalue weighted by atomic mass is 127. The van der Waals surface area contributed by atoms with Crippen LogP contribution in [0.25, 0.3) is 0 Å². The quantitative estimate of drug-likeness (QED) is 0.321. The standard InChI is InChI=1S/C23H21IO/c1-19(24)17-18-25-23(20-11-5-2-6-12-20,21-13-7-3-8-14-21)22-15-9-4-10-16-22/h2-17H,18H2,1H3. The van der Waals surface area contributed by atoms with Gasteiger partial charge in [-0.3, -0.25) is 0 Å². The number of ether oxygens (including phenoxy) is 1. The molecule has 1 nitrogen and oxygen atoms in total. The van der Waals surface area contributed by atoms with E-state index in [1.54, 1.807) is 0 Å². The van der Waals surface area contributed by atoms with E-state index >= 15 is 0 Å². The first kappa shape index (κ1) is 17.9. The lowest BCUT2D eigenvalue weighted by Crippen LogP contribution is -2.33. The largest absolute Gasteiger partial charge is 0.357 e. The van der Waals surface area contributed by atoms with Crippen molar-refractivity contribution in [3.8, 4) is 0 Å². The van der Waals surface area contributed by atoms with Gasteiger partial charge in [0.1, 0.15) is 5.60 Å². The predicted octanol–water partition coefficient (Wildman–Crippen LogP) is 6.33. The first-order valence-electron chi connectivity index (χ1n) is 8.36. The molecular formula is C23H21IO. The van der Waals surface area contributed by atoms with Gasteiger partial charge < -0.3 is 4.74 Å². The summed E-state index contributed by atoms with van der Waals surface area (Å²) in [5.74, 6) is 0. The molecule has 0 heterocycles. The zero-order valence-corrected chi connectivity index (χ0v) is 16.4. The van der Waals surface area contributed by atoms with Gasteiger partial charge in [-0.25, -0.2) is 0 Å². The van der Waals surface area contributed by atoms with Gasteiger partial charge in [-0.1, -0.05) is 91.0 Å². The van der Waals surface area contributed by atoms with Crippen LogP contribution < -0.4 is 0 Å². The summed E-state index contributed by atoms with van der Waals surface area (Å²) in [4.78, 5) is 0. The van der Waals surface area contributed by atoms with Crippen molar-refractivity contribution in [3.05, 3.63) is 117 Å². The Hall–Kier alpha value is -1.91. The van der Waals surface area contributed by atoms with Crippen LogP contribution in [0.1, 0.15) is 23.6 Å². The fourth-order valence-corrected chi connectivity index (χ4v) is 3.23. The highest BCUT2D eigenvalue weighted by molar-refractivity contribution is 14.1. The molecule has 0 unspecified atom stereocenters. The molecule has 0 N–H and O–H groups in total. The molecule has 0 fully saturated rings. The Kier molecular flexibility index (Phi) is 6.05. The molecule has 2 heteroatoms. The van der Waals surface area contributed by atoms with Crippen molar-refractivity contribution >= 4 is 22.6 Å². The normalized spacial score (nSPS) is 12.2. The molecule has 3 aromatic rings. The molecule has 0 amide bonds. The number of halogens is 1. The second-order valence-electron chi connectivity index (χ2n) is 5.88. The van der Waals surface area contributed by atoms with Crippen molar-refractivity contribution in [2.75, 3.05) is 6.61 Å². The molecule has 0 aromatic heterocycles. The maximum absolute atomic E-state index is 6.62. The van der Waals surface area contributed by atoms with Crippen LogP contribution in [0, 0.1) is 0 Å². The summed E-state index contributed by atoms with van der Waals surface area (Å²) in [5, 5.41) is 0. The smallest absolute Gasteiger partial charge is 0.144 e. The minimum absolute atomic E-state index is 0.549. The number of hydrogen-bond acceptors (Lipinski definition) is 1. The zero-order chi connectivity index (χ0) is 17.5. The molecule has 0 saturated carbocycles. The molecule has 3 rings (SSSR count). The topological polar surface area (TPSA) is 9.23 Å². The number of benzene rings is 3. The van der Waals surface area contributed by atoms with Gasteiger partial charge in [-0.05, 0) is 55.9 Å². The molecule has 3 aromatic carbocycles. The maximum Gasteiger partial charge on any atom is 0.144 e. The van der Waals surface area contributed by atoms with Crippen LogP contribution in [0.3, 0.4) is 0 Å². The summed E-state index contributed by atoms with van der Waals surface area (Å²) < 4.78 is 7.84. The predicted molar refractivity (Wildman–Crippen MR) is 113 cm³/mol. The summed E-state index contributed by atoms with van der Waals surface area (Å²) >= 11 is 2.32. The van der Waals surface area contributed by atoms with E-state index in [0.29, 0.717) is 6.61 Å². The molecule has 126 valence electrons. The Bertz CT molecular complexity index is 710. The third-order valence-electron chi connectivity index (χ3n) is 4.21. The van der Waals surface area contributed by atoms with Crippen molar-refractivity contribution in [1.82, 2.24) is 0 Å². The first-order valence-corrected chi connectivity index (χ1v) is 9.44. The van der Waals surface area contributed by atoms with E-state index in [0.717, 1.165) is 16.7 Å². The lowest BCUT2D eigenvalue weighted by atomic mass is 9.80. The fraction of sp³-hybridized carbons (Fsp3) is 0.130. The number of rotatable bonds is 6. The molecule has 0 aliphatic carbocycles. The van der Waals surface area contributed by atoms with Crippen molar-refractivity contribution in [3.63, 3.8) is 0 Å². The van der Waals surface area contributed by atoms with Crippen molar-refractivity contribution < 1.29 is 4.74 Å². The summed E-state index contributed by atoms with van der Waals surface area (Å²) in [5.41, 5.74) is 2.76. The third kappa shape index (κ3) is 4.02. The van der Waals surface area contributed by atoms with Gasteiger partial charge in [0.2, 0.25) is 0 Å². The highest BCUT2D eigenvalue weighted by Crippen LogP contribution is 2.40. The second kappa shape index (κ2) is 8.45. The Morgan fingerprint density at radius 2 is 1.12 bits per heavy atom. The van der Waals surface area contributed by atoms with Crippen LogP contribution in [0.15, 0.2) is 101 Å². The van der Waals surface area contributed by atoms with Gasteiger partial charge in [0.05, 0.1) is 6.61 Å². The lowest BCUT2D eigenvalue weighted by molar-refractivity contribution is 0.0319. The molecule has 0 aliphatic rings. The van der Waals surface area contributed by atoms with Gasteiger partial charge in [0, 0.05) is 0 Å². The van der Waals surface area contributed by atoms with Gasteiger partial charge in [0.25, 0.3) is 0 Å². The lowest BCUT2D eigenvalue weighted by Gasteiger charge is -2.35. The minimum Gasteiger partial charge on any atom is -0.357 e. The third-order valence-corrected chi connectivity index (χ3v) is 4.65. The minimum atomic E-state index is -0.633. The highest BCUT2D eigenvalue weighted by Gasteiger charge is 2.37. The fourth-order valence-electron chi connectivity index (χ4n) is 3.05. The second-order valence-corrected chi connectivity index (χ2v) is 7.58. The number of hydrogen-bond donors (Lipinski definition) is 0. The van der Waals surface area contributed by atoms with Crippen LogP contribution in [0.2, 0.25) is 0 Å². The Morgan fingerprint density at radius 3 is 1.44 bits per heavy atom. The summed E-state index contributed by atoms with van der Waals surface area (Å²) in [6, 6.07) is 31.4. The van der Waals surface area contributed by atoms with E-state index in [2.05, 4.69) is 108 Å². The van der Waals surface area contributed by atoms with Crippen LogP contribution in [0.4, 0.5) is 0 Å². The Balaban J connectivity index is 2.22. The molecule has 0 bridgehead atoms. The molecule has 25 heavy (non-hydrogen) atoms. The van der Waals surface area contributed by atoms with Crippen molar-refractivity contribution in [2.24, 2.45) is 0 Å². The summed E-state index contributed by atoms with van der Waals surface area (Å²) in [6.45, 7) is 2.63. The molecular weight excluding hydrogens is 419 g/mol. The van der Waals surface area contributed by atoms with E-state index in [4.69, 9.17) is 4.74 Å². The van der Waals surface area contributed by atoms with Gasteiger partial charge in [-0.15, -0.1) is 0 Å². The number of allylic oxidation sites excluding steroid dienone is 1. The van der Waals surface area contributed by atoms with Crippen molar-refractivity contribution in [1.29, 1.82) is 0 Å². The van der Waals surface area contributed by atoms with E-state index in [1.807, 2.05) is 18.2 Å². The van der Waals surface area contributed by atoms with Gasteiger partial charge in [-0.2, -0.15) is 0 Å². The van der Waals surface area contributed by atoms with Crippen LogP contribution in [-0.4, -0.2) is 6.61 Å². The molecule has 0 saturated heterocycles. The van der Waals surface area contributed by atoms with E-state index < -0.39 is 5.60 Å². The molecule has 0 aliphatic heterocycles. The molecule has 0 spiro atoms. The van der Waals surface area contributed by atoms with E-state index in [-0.39, 0.29) is 0 Å².